The Bertz CT molecular complexity index is 429. The van der Waals surface area contributed by atoms with Crippen LogP contribution in [0.3, 0.4) is 0 Å². The van der Waals surface area contributed by atoms with E-state index in [1.165, 1.54) is 24.3 Å². The van der Waals surface area contributed by atoms with Gasteiger partial charge in [0.05, 0.1) is 0 Å². The highest BCUT2D eigenvalue weighted by Gasteiger charge is 2.31. The normalized spacial score (nSPS) is 13.1. The van der Waals surface area contributed by atoms with Gasteiger partial charge in [0.2, 0.25) is 0 Å². The first-order valence-electron chi connectivity index (χ1n) is 6.43. The number of benzene rings is 1. The summed E-state index contributed by atoms with van der Waals surface area (Å²) in [6.07, 6.45) is -2.94. The zero-order valence-electron chi connectivity index (χ0n) is 11.2. The Morgan fingerprint density at radius 1 is 1.30 bits per heavy atom. The molecule has 1 rings (SSSR count). The van der Waals surface area contributed by atoms with Gasteiger partial charge in [0, 0.05) is 18.9 Å². The lowest BCUT2D eigenvalue weighted by Crippen LogP contribution is -2.25. The zero-order valence-corrected chi connectivity index (χ0v) is 11.2. The minimum Gasteiger partial charge on any atom is -0.406 e. The predicted octanol–water partition coefficient (Wildman–Crippen LogP) is 3.07. The first-order valence-corrected chi connectivity index (χ1v) is 6.43. The molecule has 0 saturated heterocycles. The molecule has 0 bridgehead atoms. The largest absolute Gasteiger partial charge is 0.573 e. The van der Waals surface area contributed by atoms with Crippen LogP contribution in [0, 0.1) is 5.92 Å². The lowest BCUT2D eigenvalue weighted by molar-refractivity contribution is -0.274. The maximum Gasteiger partial charge on any atom is 0.573 e. The fraction of sp³-hybridized carbons (Fsp3) is 0.500. The van der Waals surface area contributed by atoms with Crippen LogP contribution in [-0.2, 0) is 11.2 Å². The molecule has 112 valence electrons. The summed E-state index contributed by atoms with van der Waals surface area (Å²) in [5, 5.41) is 0. The number of nitrogens with two attached hydrogens (primary N) is 1. The Hall–Kier alpha value is -1.56. The second kappa shape index (κ2) is 7.28. The second-order valence-electron chi connectivity index (χ2n) is 4.56. The molecule has 0 radical (unpaired) electrons. The minimum absolute atomic E-state index is 0.0128. The summed E-state index contributed by atoms with van der Waals surface area (Å²) in [6.45, 7) is 2.27. The fourth-order valence-corrected chi connectivity index (χ4v) is 1.91. The Balaban J connectivity index is 2.63. The van der Waals surface area contributed by atoms with E-state index in [0.29, 0.717) is 12.1 Å². The van der Waals surface area contributed by atoms with Crippen molar-refractivity contribution in [1.82, 2.24) is 0 Å². The summed E-state index contributed by atoms with van der Waals surface area (Å²) in [5.41, 5.74) is 6.19. The van der Waals surface area contributed by atoms with Crippen molar-refractivity contribution in [2.45, 2.75) is 32.5 Å². The van der Waals surface area contributed by atoms with Gasteiger partial charge in [-0.05, 0) is 24.1 Å². The molecule has 1 aromatic carbocycles. The molecule has 20 heavy (non-hydrogen) atoms. The van der Waals surface area contributed by atoms with Crippen LogP contribution < -0.4 is 10.5 Å². The third-order valence-electron chi connectivity index (χ3n) is 2.91. The average molecular weight is 289 g/mol. The molecule has 0 aliphatic rings. The number of rotatable bonds is 7. The summed E-state index contributed by atoms with van der Waals surface area (Å²) in [5.74, 6) is -0.470. The Morgan fingerprint density at radius 3 is 2.35 bits per heavy atom. The number of alkyl halides is 3. The molecular formula is C14H18F3NO2. The van der Waals surface area contributed by atoms with Gasteiger partial charge >= 0.3 is 6.36 Å². The summed E-state index contributed by atoms with van der Waals surface area (Å²) in [4.78, 5) is 12.0. The van der Waals surface area contributed by atoms with Crippen LogP contribution in [0.5, 0.6) is 5.75 Å². The van der Waals surface area contributed by atoms with Crippen molar-refractivity contribution in [3.05, 3.63) is 29.8 Å². The minimum atomic E-state index is -4.71. The van der Waals surface area contributed by atoms with Crippen LogP contribution in [0.4, 0.5) is 13.2 Å². The summed E-state index contributed by atoms with van der Waals surface area (Å²) in [6, 6.07) is 5.32. The topological polar surface area (TPSA) is 52.3 Å². The molecule has 1 aromatic rings. The summed E-state index contributed by atoms with van der Waals surface area (Å²) < 4.78 is 39.8. The highest BCUT2D eigenvalue weighted by atomic mass is 19.4. The van der Waals surface area contributed by atoms with E-state index in [1.807, 2.05) is 6.92 Å². The van der Waals surface area contributed by atoms with E-state index >= 15 is 0 Å². The molecule has 2 N–H and O–H groups in total. The molecule has 6 heteroatoms. The third-order valence-corrected chi connectivity index (χ3v) is 2.91. The van der Waals surface area contributed by atoms with Gasteiger partial charge in [-0.2, -0.15) is 0 Å². The monoisotopic (exact) mass is 289 g/mol. The SMILES string of the molecule is CCCC(CN)C(=O)Cc1ccc(OC(F)(F)F)cc1. The molecule has 0 aromatic heterocycles. The lowest BCUT2D eigenvalue weighted by Gasteiger charge is -2.13. The van der Waals surface area contributed by atoms with Crippen LogP contribution in [0.25, 0.3) is 0 Å². The van der Waals surface area contributed by atoms with Crippen LogP contribution >= 0.6 is 0 Å². The number of hydrogen-bond donors (Lipinski definition) is 1. The molecule has 0 spiro atoms. The highest BCUT2D eigenvalue weighted by Crippen LogP contribution is 2.23. The standard InChI is InChI=1S/C14H18F3NO2/c1-2-3-11(9-18)13(19)8-10-4-6-12(7-5-10)20-14(15,16)17/h4-7,11H,2-3,8-9,18H2,1H3. The molecule has 0 aliphatic heterocycles. The third kappa shape index (κ3) is 5.61. The quantitative estimate of drug-likeness (QED) is 0.839. The van der Waals surface area contributed by atoms with Gasteiger partial charge in [-0.15, -0.1) is 13.2 Å². The van der Waals surface area contributed by atoms with E-state index < -0.39 is 6.36 Å². The molecule has 1 unspecified atom stereocenters. The summed E-state index contributed by atoms with van der Waals surface area (Å²) >= 11 is 0. The van der Waals surface area contributed by atoms with E-state index in [-0.39, 0.29) is 23.9 Å². The first-order chi connectivity index (χ1) is 9.35. The smallest absolute Gasteiger partial charge is 0.406 e. The molecule has 3 nitrogen and oxygen atoms in total. The van der Waals surface area contributed by atoms with Crippen molar-refractivity contribution < 1.29 is 22.7 Å². The van der Waals surface area contributed by atoms with Crippen molar-refractivity contribution in [3.8, 4) is 5.75 Å². The molecule has 0 saturated carbocycles. The van der Waals surface area contributed by atoms with E-state index in [4.69, 9.17) is 5.73 Å². The van der Waals surface area contributed by atoms with Crippen LogP contribution in [0.2, 0.25) is 0 Å². The Morgan fingerprint density at radius 2 is 1.90 bits per heavy atom. The number of ketones is 1. The Labute approximate surface area is 115 Å². The van der Waals surface area contributed by atoms with Gasteiger partial charge in [0.25, 0.3) is 0 Å². The molecule has 1 atom stereocenters. The van der Waals surface area contributed by atoms with Crippen molar-refractivity contribution in [2.24, 2.45) is 11.7 Å². The first kappa shape index (κ1) is 16.5. The van der Waals surface area contributed by atoms with E-state index in [2.05, 4.69) is 4.74 Å². The number of ether oxygens (including phenoxy) is 1. The molecule has 0 fully saturated rings. The van der Waals surface area contributed by atoms with Crippen LogP contribution in [-0.4, -0.2) is 18.7 Å². The van der Waals surface area contributed by atoms with Crippen LogP contribution in [0.1, 0.15) is 25.3 Å². The predicted molar refractivity (Wildman–Crippen MR) is 69.3 cm³/mol. The van der Waals surface area contributed by atoms with Crippen molar-refractivity contribution in [2.75, 3.05) is 6.54 Å². The molecule has 0 amide bonds. The van der Waals surface area contributed by atoms with E-state index in [9.17, 15) is 18.0 Å². The Kier molecular flexibility index (Phi) is 6.01. The second-order valence-corrected chi connectivity index (χ2v) is 4.56. The van der Waals surface area contributed by atoms with Gasteiger partial charge in [0.1, 0.15) is 11.5 Å². The lowest BCUT2D eigenvalue weighted by atomic mass is 9.94. The van der Waals surface area contributed by atoms with Gasteiger partial charge in [-0.3, -0.25) is 4.79 Å². The van der Waals surface area contributed by atoms with Crippen molar-refractivity contribution in [3.63, 3.8) is 0 Å². The van der Waals surface area contributed by atoms with Gasteiger partial charge in [0.15, 0.2) is 0 Å². The van der Waals surface area contributed by atoms with Crippen LogP contribution in [0.15, 0.2) is 24.3 Å². The van der Waals surface area contributed by atoms with Gasteiger partial charge in [-0.1, -0.05) is 25.5 Å². The van der Waals surface area contributed by atoms with Crippen molar-refractivity contribution >= 4 is 5.78 Å². The number of carbonyl (C=O) groups is 1. The van der Waals surface area contributed by atoms with E-state index in [1.54, 1.807) is 0 Å². The van der Waals surface area contributed by atoms with E-state index in [0.717, 1.165) is 12.8 Å². The molecule has 0 aliphatic carbocycles. The molecule has 0 heterocycles. The maximum atomic E-state index is 12.0. The number of halogens is 3. The average Bonchev–Trinajstić information content (AvgIpc) is 2.36. The van der Waals surface area contributed by atoms with Crippen molar-refractivity contribution in [1.29, 1.82) is 0 Å². The number of carbonyl (C=O) groups excluding carboxylic acids is 1. The maximum absolute atomic E-state index is 12.0. The highest BCUT2D eigenvalue weighted by molar-refractivity contribution is 5.83. The van der Waals surface area contributed by atoms with Gasteiger partial charge in [-0.25, -0.2) is 0 Å². The van der Waals surface area contributed by atoms with Gasteiger partial charge < -0.3 is 10.5 Å². The zero-order chi connectivity index (χ0) is 15.2. The molecular weight excluding hydrogens is 271 g/mol. The summed E-state index contributed by atoms with van der Waals surface area (Å²) in [7, 11) is 0. The number of Topliss-reactive ketones (excluding diaryl/α,β-unsaturated/α-hetero) is 1. The fourth-order valence-electron chi connectivity index (χ4n) is 1.91. The number of hydrogen-bond acceptors (Lipinski definition) is 3.